The van der Waals surface area contributed by atoms with Gasteiger partial charge in [0.1, 0.15) is 18.8 Å². The van der Waals surface area contributed by atoms with E-state index in [2.05, 4.69) is 81.5 Å². The van der Waals surface area contributed by atoms with Crippen LogP contribution in [0.4, 0.5) is 0 Å². The summed E-state index contributed by atoms with van der Waals surface area (Å²) in [4.78, 5) is 51.4. The Balaban J connectivity index is 2.66. The van der Waals surface area contributed by atoms with Crippen molar-refractivity contribution in [2.75, 3.05) is 13.2 Å². The highest BCUT2D eigenvalue weighted by Crippen LogP contribution is 2.27. The minimum absolute atomic E-state index is 0.0548. The molecule has 81 heavy (non-hydrogen) atoms. The highest BCUT2D eigenvalue weighted by molar-refractivity contribution is 5.74. The zero-order valence-electron chi connectivity index (χ0n) is 51.8. The SMILES string of the molecule is CC/C=C\C/C=C\C/C=C\CCCCCCCCCC(=O)OCC(COC1OC(C(=O)O)C(O)C(O)C1OC(=O)CCCCCCCCC/C=C\CCCCCCCC)OC(=O)CCCCCCCCC/C=C\CCCCCCCC. The van der Waals surface area contributed by atoms with Gasteiger partial charge < -0.3 is 39.0 Å². The number of carboxylic acid groups (broad SMARTS) is 1. The third-order valence-electron chi connectivity index (χ3n) is 15.0. The summed E-state index contributed by atoms with van der Waals surface area (Å²) in [6, 6.07) is 0. The lowest BCUT2D eigenvalue weighted by Crippen LogP contribution is -2.61. The Kier molecular flexibility index (Phi) is 53.0. The zero-order chi connectivity index (χ0) is 58.9. The molecule has 1 rings (SSSR count). The molecule has 0 radical (unpaired) electrons. The standard InChI is InChI=1S/C69H120O12/c1-4-7-10-13-16-19-22-25-28-31-34-37-40-43-46-49-52-55-61(70)77-58-60(79-62(71)56-53-50-47-44-41-38-35-32-29-26-23-20-17-14-11-8-5-2)59-78-69-67(65(74)64(73)66(81-69)68(75)76)80-63(72)57-54-51-48-45-42-39-36-33-30-27-24-21-18-15-12-9-6-3/h7,10,16,19,25-30,60,64-67,69,73-74H,4-6,8-9,11-15,17-18,20-24,31-59H2,1-3H3,(H,75,76)/b10-7-,19-16-,28-25-,29-26-,30-27-. The van der Waals surface area contributed by atoms with Crippen molar-refractivity contribution in [3.8, 4) is 0 Å². The summed E-state index contributed by atoms with van der Waals surface area (Å²) in [5, 5.41) is 31.6. The Morgan fingerprint density at radius 2 is 0.778 bits per heavy atom. The first-order valence-corrected chi connectivity index (χ1v) is 33.3. The van der Waals surface area contributed by atoms with Crippen molar-refractivity contribution >= 4 is 23.9 Å². The van der Waals surface area contributed by atoms with Crippen LogP contribution in [0.2, 0.25) is 0 Å². The lowest BCUT2D eigenvalue weighted by atomic mass is 9.98. The number of carboxylic acids is 1. The molecule has 468 valence electrons. The largest absolute Gasteiger partial charge is 0.479 e. The summed E-state index contributed by atoms with van der Waals surface area (Å²) >= 11 is 0. The Hall–Kier alpha value is -3.58. The minimum atomic E-state index is -1.91. The topological polar surface area (TPSA) is 175 Å². The fourth-order valence-corrected chi connectivity index (χ4v) is 9.96. The molecule has 12 heteroatoms. The average molecular weight is 1140 g/mol. The van der Waals surface area contributed by atoms with Crippen molar-refractivity contribution in [2.45, 2.75) is 340 Å². The van der Waals surface area contributed by atoms with Crippen LogP contribution in [0.25, 0.3) is 0 Å². The molecule has 12 nitrogen and oxygen atoms in total. The second-order valence-electron chi connectivity index (χ2n) is 22.7. The molecule has 0 bridgehead atoms. The second kappa shape index (κ2) is 56.9. The van der Waals surface area contributed by atoms with Gasteiger partial charge in [-0.25, -0.2) is 4.79 Å². The van der Waals surface area contributed by atoms with E-state index in [-0.39, 0.29) is 25.9 Å². The molecule has 1 saturated heterocycles. The first-order chi connectivity index (χ1) is 39.6. The molecule has 0 aromatic rings. The fraction of sp³-hybridized carbons (Fsp3) is 0.797. The molecule has 6 unspecified atom stereocenters. The predicted octanol–water partition coefficient (Wildman–Crippen LogP) is 17.9. The van der Waals surface area contributed by atoms with Crippen molar-refractivity contribution in [3.05, 3.63) is 60.8 Å². The summed E-state index contributed by atoms with van der Waals surface area (Å²) in [6.45, 7) is 5.90. The number of aliphatic carboxylic acids is 1. The van der Waals surface area contributed by atoms with Crippen LogP contribution in [0.1, 0.15) is 303 Å². The Morgan fingerprint density at radius 3 is 1.20 bits per heavy atom. The van der Waals surface area contributed by atoms with Crippen LogP contribution in [0, 0.1) is 0 Å². The number of carbonyl (C=O) groups is 4. The van der Waals surface area contributed by atoms with Crippen LogP contribution in [-0.4, -0.2) is 89.2 Å². The predicted molar refractivity (Wildman–Crippen MR) is 331 cm³/mol. The number of carbonyl (C=O) groups excluding carboxylic acids is 3. The van der Waals surface area contributed by atoms with Gasteiger partial charge in [0.05, 0.1) is 6.61 Å². The molecular weight excluding hydrogens is 1020 g/mol. The molecule has 1 aliphatic heterocycles. The van der Waals surface area contributed by atoms with E-state index in [0.29, 0.717) is 19.3 Å². The second-order valence-corrected chi connectivity index (χ2v) is 22.7. The number of esters is 3. The van der Waals surface area contributed by atoms with E-state index in [4.69, 9.17) is 23.7 Å². The number of aliphatic hydroxyl groups excluding tert-OH is 2. The van der Waals surface area contributed by atoms with Gasteiger partial charge in [0.15, 0.2) is 24.6 Å². The number of rotatable bonds is 57. The maximum absolute atomic E-state index is 13.2. The zero-order valence-corrected chi connectivity index (χ0v) is 51.8. The van der Waals surface area contributed by atoms with E-state index in [9.17, 15) is 34.5 Å². The van der Waals surface area contributed by atoms with Crippen LogP contribution in [0.5, 0.6) is 0 Å². The first kappa shape index (κ1) is 75.4. The molecular formula is C69H120O12. The van der Waals surface area contributed by atoms with E-state index < -0.39 is 67.3 Å². The van der Waals surface area contributed by atoms with E-state index in [1.165, 1.54) is 128 Å². The summed E-state index contributed by atoms with van der Waals surface area (Å²) in [7, 11) is 0. The highest BCUT2D eigenvalue weighted by atomic mass is 16.7. The molecule has 1 heterocycles. The molecule has 1 aliphatic rings. The van der Waals surface area contributed by atoms with Crippen LogP contribution in [-0.2, 0) is 42.9 Å². The van der Waals surface area contributed by atoms with Crippen molar-refractivity contribution in [1.82, 2.24) is 0 Å². The number of unbranched alkanes of at least 4 members (excludes halogenated alkanes) is 33. The van der Waals surface area contributed by atoms with E-state index in [1.54, 1.807) is 0 Å². The summed E-state index contributed by atoms with van der Waals surface area (Å²) in [5.41, 5.74) is 0. The molecule has 0 aliphatic carbocycles. The summed E-state index contributed by atoms with van der Waals surface area (Å²) in [5.74, 6) is -3.12. The number of hydrogen-bond acceptors (Lipinski definition) is 11. The quantitative estimate of drug-likeness (QED) is 0.0228. The van der Waals surface area contributed by atoms with Gasteiger partial charge in [0.25, 0.3) is 0 Å². The number of allylic oxidation sites excluding steroid dienone is 10. The summed E-state index contributed by atoms with van der Waals surface area (Å²) in [6.07, 6.45) is 58.8. The molecule has 0 saturated carbocycles. The third-order valence-corrected chi connectivity index (χ3v) is 15.0. The lowest BCUT2D eigenvalue weighted by Gasteiger charge is -2.40. The van der Waals surface area contributed by atoms with Crippen molar-refractivity contribution < 1.29 is 58.2 Å². The van der Waals surface area contributed by atoms with Crippen LogP contribution in [0.3, 0.4) is 0 Å². The van der Waals surface area contributed by atoms with E-state index >= 15 is 0 Å². The van der Waals surface area contributed by atoms with Crippen molar-refractivity contribution in [3.63, 3.8) is 0 Å². The first-order valence-electron chi connectivity index (χ1n) is 33.3. The lowest BCUT2D eigenvalue weighted by molar-refractivity contribution is -0.301. The van der Waals surface area contributed by atoms with Gasteiger partial charge in [-0.2, -0.15) is 0 Å². The average Bonchev–Trinajstić information content (AvgIpc) is 3.53. The molecule has 0 aromatic heterocycles. The van der Waals surface area contributed by atoms with Crippen molar-refractivity contribution in [1.29, 1.82) is 0 Å². The van der Waals surface area contributed by atoms with Crippen molar-refractivity contribution in [2.24, 2.45) is 0 Å². The summed E-state index contributed by atoms with van der Waals surface area (Å²) < 4.78 is 28.6. The van der Waals surface area contributed by atoms with E-state index in [0.717, 1.165) is 116 Å². The van der Waals surface area contributed by atoms with Gasteiger partial charge in [0, 0.05) is 19.3 Å². The molecule has 0 amide bonds. The molecule has 6 atom stereocenters. The molecule has 0 aromatic carbocycles. The maximum atomic E-state index is 13.2. The van der Waals surface area contributed by atoms with Gasteiger partial charge in [-0.3, -0.25) is 14.4 Å². The van der Waals surface area contributed by atoms with Gasteiger partial charge >= 0.3 is 23.9 Å². The molecule has 3 N–H and O–H groups in total. The molecule has 1 fully saturated rings. The Morgan fingerprint density at radius 1 is 0.420 bits per heavy atom. The number of ether oxygens (including phenoxy) is 5. The number of aliphatic hydroxyl groups is 2. The van der Waals surface area contributed by atoms with Crippen LogP contribution in [0.15, 0.2) is 60.8 Å². The normalized spacial score (nSPS) is 18.1. The van der Waals surface area contributed by atoms with Gasteiger partial charge in [-0.15, -0.1) is 0 Å². The highest BCUT2D eigenvalue weighted by Gasteiger charge is 2.50. The monoisotopic (exact) mass is 1140 g/mol. The van der Waals surface area contributed by atoms with Gasteiger partial charge in [0.2, 0.25) is 0 Å². The smallest absolute Gasteiger partial charge is 0.335 e. The van der Waals surface area contributed by atoms with E-state index in [1.807, 2.05) is 0 Å². The van der Waals surface area contributed by atoms with Gasteiger partial charge in [-0.05, 0) is 103 Å². The number of hydrogen-bond donors (Lipinski definition) is 3. The van der Waals surface area contributed by atoms with Gasteiger partial charge in [-0.1, -0.05) is 242 Å². The third kappa shape index (κ3) is 46.5. The van der Waals surface area contributed by atoms with Crippen LogP contribution < -0.4 is 0 Å². The Bertz CT molecular complexity index is 1640. The molecule has 0 spiro atoms. The minimum Gasteiger partial charge on any atom is -0.479 e. The fourth-order valence-electron chi connectivity index (χ4n) is 9.96. The van der Waals surface area contributed by atoms with Crippen LogP contribution >= 0.6 is 0 Å². The Labute approximate surface area is 494 Å². The maximum Gasteiger partial charge on any atom is 0.335 e.